The standard InChI is InChI=1S/C17H18BrNO3/c1-12(15-10-7-11-21-15)19(16(20)22-17(2,3)4)14-9-6-5-8-13(14)18/h5-11H,1H2,2-4H3. The maximum atomic E-state index is 12.6. The van der Waals surface area contributed by atoms with Crippen molar-refractivity contribution in [3.63, 3.8) is 0 Å². The molecule has 0 fully saturated rings. The average molecular weight is 364 g/mol. The van der Waals surface area contributed by atoms with Crippen LogP contribution in [-0.4, -0.2) is 11.7 Å². The molecule has 2 rings (SSSR count). The second-order valence-electron chi connectivity index (χ2n) is 5.69. The zero-order chi connectivity index (χ0) is 16.3. The van der Waals surface area contributed by atoms with E-state index in [9.17, 15) is 4.79 Å². The predicted molar refractivity (Wildman–Crippen MR) is 90.6 cm³/mol. The molecule has 1 aromatic carbocycles. The number of ether oxygens (including phenoxy) is 1. The van der Waals surface area contributed by atoms with Crippen LogP contribution in [-0.2, 0) is 4.74 Å². The lowest BCUT2D eigenvalue weighted by Crippen LogP contribution is -2.35. The van der Waals surface area contributed by atoms with E-state index in [0.717, 1.165) is 4.47 Å². The first-order chi connectivity index (χ1) is 10.3. The lowest BCUT2D eigenvalue weighted by Gasteiger charge is -2.28. The number of para-hydroxylation sites is 1. The molecule has 0 aliphatic heterocycles. The number of rotatable bonds is 3. The number of furan rings is 1. The molecule has 1 amide bonds. The minimum Gasteiger partial charge on any atom is -0.463 e. The number of carbonyl (C=O) groups is 1. The maximum Gasteiger partial charge on any atom is 0.419 e. The second-order valence-corrected chi connectivity index (χ2v) is 6.55. The van der Waals surface area contributed by atoms with Crippen molar-refractivity contribution < 1.29 is 13.9 Å². The van der Waals surface area contributed by atoms with Crippen molar-refractivity contribution in [2.45, 2.75) is 26.4 Å². The molecule has 0 saturated heterocycles. The van der Waals surface area contributed by atoms with Crippen LogP contribution in [0.1, 0.15) is 26.5 Å². The number of nitrogens with zero attached hydrogens (tertiary/aromatic N) is 1. The van der Waals surface area contributed by atoms with Gasteiger partial charge in [-0.15, -0.1) is 0 Å². The third-order valence-electron chi connectivity index (χ3n) is 2.74. The highest BCUT2D eigenvalue weighted by molar-refractivity contribution is 9.10. The third-order valence-corrected chi connectivity index (χ3v) is 3.42. The highest BCUT2D eigenvalue weighted by Gasteiger charge is 2.28. The van der Waals surface area contributed by atoms with Gasteiger partial charge in [-0.3, -0.25) is 0 Å². The van der Waals surface area contributed by atoms with Crippen LogP contribution in [0.25, 0.3) is 5.70 Å². The lowest BCUT2D eigenvalue weighted by molar-refractivity contribution is 0.0599. The SMILES string of the molecule is C=C(c1ccco1)N(C(=O)OC(C)(C)C)c1ccccc1Br. The molecule has 0 spiro atoms. The fourth-order valence-corrected chi connectivity index (χ4v) is 2.31. The van der Waals surface area contributed by atoms with Crippen LogP contribution in [0.4, 0.5) is 10.5 Å². The number of halogens is 1. The second kappa shape index (κ2) is 6.40. The lowest BCUT2D eigenvalue weighted by atomic mass is 10.2. The van der Waals surface area contributed by atoms with Gasteiger partial charge < -0.3 is 9.15 Å². The summed E-state index contributed by atoms with van der Waals surface area (Å²) < 4.78 is 11.6. The molecule has 0 saturated carbocycles. The molecule has 0 aliphatic rings. The van der Waals surface area contributed by atoms with Gasteiger partial charge in [-0.25, -0.2) is 9.69 Å². The molecule has 0 radical (unpaired) electrons. The van der Waals surface area contributed by atoms with E-state index in [4.69, 9.17) is 9.15 Å². The van der Waals surface area contributed by atoms with Crippen molar-refractivity contribution in [1.82, 2.24) is 0 Å². The Bertz CT molecular complexity index is 671. The van der Waals surface area contributed by atoms with Gasteiger partial charge in [-0.1, -0.05) is 18.7 Å². The molecule has 0 bridgehead atoms. The van der Waals surface area contributed by atoms with E-state index in [0.29, 0.717) is 17.1 Å². The van der Waals surface area contributed by atoms with Gasteiger partial charge in [0.25, 0.3) is 0 Å². The Morgan fingerprint density at radius 1 is 1.23 bits per heavy atom. The highest BCUT2D eigenvalue weighted by Crippen LogP contribution is 2.33. The van der Waals surface area contributed by atoms with Crippen molar-refractivity contribution in [1.29, 1.82) is 0 Å². The summed E-state index contributed by atoms with van der Waals surface area (Å²) in [6.07, 6.45) is 1.02. The van der Waals surface area contributed by atoms with Gasteiger partial charge in [-0.05, 0) is 61.0 Å². The van der Waals surface area contributed by atoms with Crippen LogP contribution in [0.3, 0.4) is 0 Å². The van der Waals surface area contributed by atoms with Gasteiger partial charge in [0.1, 0.15) is 11.4 Å². The molecule has 22 heavy (non-hydrogen) atoms. The first-order valence-electron chi connectivity index (χ1n) is 6.80. The van der Waals surface area contributed by atoms with E-state index < -0.39 is 11.7 Å². The van der Waals surface area contributed by atoms with Crippen LogP contribution in [0.2, 0.25) is 0 Å². The first-order valence-corrected chi connectivity index (χ1v) is 7.59. The number of hydrogen-bond acceptors (Lipinski definition) is 3. The highest BCUT2D eigenvalue weighted by atomic mass is 79.9. The van der Waals surface area contributed by atoms with E-state index in [1.165, 1.54) is 11.2 Å². The van der Waals surface area contributed by atoms with Gasteiger partial charge in [0.15, 0.2) is 0 Å². The predicted octanol–water partition coefficient (Wildman–Crippen LogP) is 5.45. The van der Waals surface area contributed by atoms with Crippen molar-refractivity contribution in [3.8, 4) is 0 Å². The number of carbonyl (C=O) groups excluding carboxylic acids is 1. The molecule has 0 atom stereocenters. The summed E-state index contributed by atoms with van der Waals surface area (Å²) >= 11 is 3.46. The summed E-state index contributed by atoms with van der Waals surface area (Å²) in [5.41, 5.74) is 0.435. The van der Waals surface area contributed by atoms with Gasteiger partial charge >= 0.3 is 6.09 Å². The topological polar surface area (TPSA) is 42.7 Å². The van der Waals surface area contributed by atoms with E-state index in [1.54, 1.807) is 12.1 Å². The summed E-state index contributed by atoms with van der Waals surface area (Å²) in [6, 6.07) is 10.9. The summed E-state index contributed by atoms with van der Waals surface area (Å²) in [5, 5.41) is 0. The molecule has 2 aromatic rings. The molecule has 1 heterocycles. The van der Waals surface area contributed by atoms with Crippen molar-refractivity contribution in [2.24, 2.45) is 0 Å². The third kappa shape index (κ3) is 3.80. The van der Waals surface area contributed by atoms with Gasteiger partial charge in [0.05, 0.1) is 17.6 Å². The first kappa shape index (κ1) is 16.4. The molecule has 0 aliphatic carbocycles. The van der Waals surface area contributed by atoms with Crippen molar-refractivity contribution >= 4 is 33.4 Å². The zero-order valence-electron chi connectivity index (χ0n) is 12.8. The normalized spacial score (nSPS) is 11.1. The largest absolute Gasteiger partial charge is 0.463 e. The molecular formula is C17H18BrNO3. The Kier molecular flexibility index (Phi) is 4.76. The van der Waals surface area contributed by atoms with E-state index in [2.05, 4.69) is 22.5 Å². The van der Waals surface area contributed by atoms with Crippen molar-refractivity contribution in [2.75, 3.05) is 4.90 Å². The van der Waals surface area contributed by atoms with Gasteiger partial charge in [0, 0.05) is 4.47 Å². The fraction of sp³-hybridized carbons (Fsp3) is 0.235. The number of hydrogen-bond donors (Lipinski definition) is 0. The Hall–Kier alpha value is -2.01. The molecular weight excluding hydrogens is 346 g/mol. The average Bonchev–Trinajstić information content (AvgIpc) is 2.93. The van der Waals surface area contributed by atoms with Crippen LogP contribution >= 0.6 is 15.9 Å². The Balaban J connectivity index is 2.43. The Morgan fingerprint density at radius 2 is 1.91 bits per heavy atom. The number of anilines is 1. The molecule has 116 valence electrons. The van der Waals surface area contributed by atoms with Crippen molar-refractivity contribution in [3.05, 3.63) is 59.5 Å². The molecule has 5 heteroatoms. The summed E-state index contributed by atoms with van der Waals surface area (Å²) in [4.78, 5) is 14.0. The van der Waals surface area contributed by atoms with Crippen LogP contribution in [0.15, 0.2) is 58.1 Å². The minimum atomic E-state index is -0.611. The molecule has 4 nitrogen and oxygen atoms in total. The molecule has 1 aromatic heterocycles. The molecule has 0 unspecified atom stereocenters. The quantitative estimate of drug-likeness (QED) is 0.727. The summed E-state index contributed by atoms with van der Waals surface area (Å²) in [6.45, 7) is 9.43. The van der Waals surface area contributed by atoms with Crippen LogP contribution in [0, 0.1) is 0 Å². The summed E-state index contributed by atoms with van der Waals surface area (Å²) in [5.74, 6) is 0.501. The van der Waals surface area contributed by atoms with Crippen LogP contribution < -0.4 is 4.90 Å². The van der Waals surface area contributed by atoms with E-state index in [-0.39, 0.29) is 0 Å². The van der Waals surface area contributed by atoms with Crippen LogP contribution in [0.5, 0.6) is 0 Å². The molecule has 0 N–H and O–H groups in total. The fourth-order valence-electron chi connectivity index (χ4n) is 1.85. The number of benzene rings is 1. The van der Waals surface area contributed by atoms with E-state index in [1.807, 2.05) is 45.0 Å². The van der Waals surface area contributed by atoms with Gasteiger partial charge in [0.2, 0.25) is 0 Å². The monoisotopic (exact) mass is 363 g/mol. The number of amides is 1. The maximum absolute atomic E-state index is 12.6. The Morgan fingerprint density at radius 3 is 2.45 bits per heavy atom. The van der Waals surface area contributed by atoms with Gasteiger partial charge in [-0.2, -0.15) is 0 Å². The zero-order valence-corrected chi connectivity index (χ0v) is 14.4. The minimum absolute atomic E-state index is 0.408. The summed E-state index contributed by atoms with van der Waals surface area (Å²) in [7, 11) is 0. The Labute approximate surface area is 138 Å². The van der Waals surface area contributed by atoms with E-state index >= 15 is 0 Å². The smallest absolute Gasteiger partial charge is 0.419 e.